The topological polar surface area (TPSA) is 58.6 Å². The Balaban J connectivity index is 2.10. The fourth-order valence-corrected chi connectivity index (χ4v) is 3.94. The van der Waals surface area contributed by atoms with Crippen molar-refractivity contribution in [2.45, 2.75) is 13.3 Å². The van der Waals surface area contributed by atoms with Crippen LogP contribution in [0, 0.1) is 0 Å². The Morgan fingerprint density at radius 1 is 1.27 bits per heavy atom. The van der Waals surface area contributed by atoms with Gasteiger partial charge < -0.3 is 0 Å². The second kappa shape index (κ2) is 7.58. The van der Waals surface area contributed by atoms with Crippen molar-refractivity contribution in [1.29, 1.82) is 0 Å². The van der Waals surface area contributed by atoms with E-state index in [1.807, 2.05) is 43.3 Å². The first-order valence-corrected chi connectivity index (χ1v) is 8.86. The summed E-state index contributed by atoms with van der Waals surface area (Å²) in [4.78, 5) is 25.6. The van der Waals surface area contributed by atoms with Crippen LogP contribution in [0.1, 0.15) is 22.6 Å². The molecule has 6 heteroatoms. The van der Waals surface area contributed by atoms with Gasteiger partial charge in [0.25, 0.3) is 0 Å². The van der Waals surface area contributed by atoms with Gasteiger partial charge in [-0.3, -0.25) is 0 Å². The zero-order chi connectivity index (χ0) is 16.1. The Bertz CT molecular complexity index is 679. The molecule has 0 unspecified atom stereocenters. The van der Waals surface area contributed by atoms with Crippen LogP contribution in [-0.2, 0) is 9.53 Å². The number of amides is 1. The molecule has 0 bridgehead atoms. The molecule has 0 aliphatic carbocycles. The Morgan fingerprint density at radius 2 is 2.05 bits per heavy atom. The van der Waals surface area contributed by atoms with E-state index in [9.17, 15) is 9.59 Å². The van der Waals surface area contributed by atoms with Crippen LogP contribution in [0.3, 0.4) is 0 Å². The van der Waals surface area contributed by atoms with Gasteiger partial charge in [0.1, 0.15) is 0 Å². The summed E-state index contributed by atoms with van der Waals surface area (Å²) in [5.74, 6) is -0.248. The van der Waals surface area contributed by atoms with Crippen LogP contribution in [0.2, 0.25) is 0 Å². The van der Waals surface area contributed by atoms with Gasteiger partial charge in [-0.05, 0) is 0 Å². The number of hydrogen-bond donors (Lipinski definition) is 1. The maximum atomic E-state index is 11.9. The SMILES string of the molecule is CCOC(=O)c1cc2cc(NC(=O)CCN(C)C)ccc2[se]1. The van der Waals surface area contributed by atoms with E-state index in [0.717, 1.165) is 19.8 Å². The van der Waals surface area contributed by atoms with Crippen LogP contribution in [0.25, 0.3) is 9.65 Å². The van der Waals surface area contributed by atoms with E-state index in [4.69, 9.17) is 4.74 Å². The number of esters is 1. The predicted molar refractivity (Wildman–Crippen MR) is 88.6 cm³/mol. The molecule has 0 radical (unpaired) electrons. The van der Waals surface area contributed by atoms with Crippen LogP contribution in [0.15, 0.2) is 24.3 Å². The molecule has 1 aromatic heterocycles. The number of carbonyl (C=O) groups is 2. The van der Waals surface area contributed by atoms with Gasteiger partial charge in [-0.1, -0.05) is 0 Å². The minimum atomic E-state index is -0.240. The van der Waals surface area contributed by atoms with Gasteiger partial charge in [0, 0.05) is 0 Å². The van der Waals surface area contributed by atoms with E-state index in [1.165, 1.54) is 0 Å². The van der Waals surface area contributed by atoms with Crippen LogP contribution >= 0.6 is 0 Å². The molecule has 1 aromatic carbocycles. The first-order valence-electron chi connectivity index (χ1n) is 7.15. The molecule has 118 valence electrons. The molecule has 1 amide bonds. The Morgan fingerprint density at radius 3 is 2.73 bits per heavy atom. The molecule has 0 aliphatic rings. The van der Waals surface area contributed by atoms with E-state index in [0.29, 0.717) is 19.6 Å². The molecule has 2 rings (SSSR count). The zero-order valence-corrected chi connectivity index (χ0v) is 14.7. The number of carbonyl (C=O) groups excluding carboxylic acids is 2. The molecular formula is C16H20N2O3Se. The van der Waals surface area contributed by atoms with Crippen molar-refractivity contribution >= 4 is 41.7 Å². The number of nitrogens with zero attached hydrogens (tertiary/aromatic N) is 1. The number of rotatable bonds is 6. The first-order chi connectivity index (χ1) is 10.5. The van der Waals surface area contributed by atoms with Crippen molar-refractivity contribution in [3.63, 3.8) is 0 Å². The van der Waals surface area contributed by atoms with E-state index < -0.39 is 0 Å². The number of hydrogen-bond acceptors (Lipinski definition) is 4. The van der Waals surface area contributed by atoms with Crippen LogP contribution in [-0.4, -0.2) is 58.5 Å². The molecule has 0 aliphatic heterocycles. The third kappa shape index (κ3) is 4.44. The molecule has 1 heterocycles. The molecule has 2 aromatic rings. The van der Waals surface area contributed by atoms with Gasteiger partial charge in [0.15, 0.2) is 0 Å². The molecule has 0 saturated carbocycles. The number of benzene rings is 1. The van der Waals surface area contributed by atoms with E-state index >= 15 is 0 Å². The van der Waals surface area contributed by atoms with E-state index in [2.05, 4.69) is 5.32 Å². The van der Waals surface area contributed by atoms with Crippen molar-refractivity contribution in [3.05, 3.63) is 28.7 Å². The Labute approximate surface area is 136 Å². The summed E-state index contributed by atoms with van der Waals surface area (Å²) in [5, 5.41) is 3.89. The zero-order valence-electron chi connectivity index (χ0n) is 13.0. The van der Waals surface area contributed by atoms with Gasteiger partial charge in [0.2, 0.25) is 0 Å². The first kappa shape index (κ1) is 16.7. The third-order valence-corrected chi connectivity index (χ3v) is 5.36. The van der Waals surface area contributed by atoms with Crippen LogP contribution in [0.5, 0.6) is 0 Å². The van der Waals surface area contributed by atoms with Gasteiger partial charge >= 0.3 is 136 Å². The Kier molecular flexibility index (Phi) is 5.77. The van der Waals surface area contributed by atoms with Gasteiger partial charge in [-0.15, -0.1) is 0 Å². The summed E-state index contributed by atoms with van der Waals surface area (Å²) in [5.41, 5.74) is 0.764. The third-order valence-electron chi connectivity index (χ3n) is 3.06. The fraction of sp³-hybridized carbons (Fsp3) is 0.375. The van der Waals surface area contributed by atoms with Gasteiger partial charge in [-0.2, -0.15) is 0 Å². The number of anilines is 1. The molecule has 5 nitrogen and oxygen atoms in total. The second-order valence-electron chi connectivity index (χ2n) is 5.19. The molecule has 0 fully saturated rings. The number of ether oxygens (including phenoxy) is 1. The standard InChI is InChI=1S/C16H20N2O3Se/c1-4-21-16(20)14-10-11-9-12(5-6-13(11)22-14)17-15(19)7-8-18(2)3/h5-6,9-10H,4,7-8H2,1-3H3,(H,17,19). The second-order valence-corrected chi connectivity index (χ2v) is 7.46. The number of nitrogens with one attached hydrogen (secondary N) is 1. The summed E-state index contributed by atoms with van der Waals surface area (Å²) in [6, 6.07) is 7.63. The maximum absolute atomic E-state index is 11.9. The molecule has 0 atom stereocenters. The van der Waals surface area contributed by atoms with E-state index in [1.54, 1.807) is 6.92 Å². The average Bonchev–Trinajstić information content (AvgIpc) is 2.88. The fourth-order valence-electron chi connectivity index (χ4n) is 1.97. The summed E-state index contributed by atoms with van der Waals surface area (Å²) < 4.78 is 6.90. The summed E-state index contributed by atoms with van der Waals surface area (Å²) in [6.45, 7) is 2.90. The molecule has 22 heavy (non-hydrogen) atoms. The molecule has 0 spiro atoms. The van der Waals surface area contributed by atoms with Crippen molar-refractivity contribution in [3.8, 4) is 0 Å². The minimum absolute atomic E-state index is 0.00764. The Hall–Kier alpha value is -1.62. The van der Waals surface area contributed by atoms with Crippen molar-refractivity contribution < 1.29 is 14.3 Å². The summed E-state index contributed by atoms with van der Waals surface area (Å²) in [6.07, 6.45) is 0.456. The van der Waals surface area contributed by atoms with Crippen molar-refractivity contribution in [2.75, 3.05) is 32.6 Å². The van der Waals surface area contributed by atoms with E-state index in [-0.39, 0.29) is 26.4 Å². The van der Waals surface area contributed by atoms with Crippen LogP contribution in [0.4, 0.5) is 5.69 Å². The predicted octanol–water partition coefficient (Wildman–Crippen LogP) is 1.96. The monoisotopic (exact) mass is 368 g/mol. The molecular weight excluding hydrogens is 347 g/mol. The van der Waals surface area contributed by atoms with Gasteiger partial charge in [-0.25, -0.2) is 0 Å². The summed E-state index contributed by atoms with van der Waals surface area (Å²) in [7, 11) is 3.87. The molecule has 0 saturated heterocycles. The quantitative estimate of drug-likeness (QED) is 0.627. The average molecular weight is 367 g/mol. The van der Waals surface area contributed by atoms with Crippen LogP contribution < -0.4 is 5.32 Å². The van der Waals surface area contributed by atoms with Crippen molar-refractivity contribution in [2.24, 2.45) is 0 Å². The summed E-state index contributed by atoms with van der Waals surface area (Å²) >= 11 is -0.0188. The van der Waals surface area contributed by atoms with Gasteiger partial charge in [0.05, 0.1) is 0 Å². The number of fused-ring (bicyclic) bond motifs is 1. The van der Waals surface area contributed by atoms with Crippen molar-refractivity contribution in [1.82, 2.24) is 4.90 Å². The molecule has 1 N–H and O–H groups in total. The normalized spacial score (nSPS) is 10.9.